The number of nitrogens with zero attached hydrogens (tertiary/aromatic N) is 1. The van der Waals surface area contributed by atoms with Gasteiger partial charge in [-0.3, -0.25) is 4.79 Å². The van der Waals surface area contributed by atoms with E-state index in [0.29, 0.717) is 12.1 Å². The highest BCUT2D eigenvalue weighted by Crippen LogP contribution is 2.01. The van der Waals surface area contributed by atoms with Gasteiger partial charge in [0.05, 0.1) is 5.56 Å². The number of aromatic carboxylic acids is 1. The number of aromatic nitrogens is 1. The van der Waals surface area contributed by atoms with E-state index in [1.807, 2.05) is 0 Å². The number of nitrogens with one attached hydrogen (secondary N) is 1. The van der Waals surface area contributed by atoms with E-state index >= 15 is 0 Å². The number of unbranched alkanes of at least 4 members (excludes halogenated alkanes) is 2. The molecule has 1 amide bonds. The minimum absolute atomic E-state index is 0.0625. The van der Waals surface area contributed by atoms with Gasteiger partial charge in [0.15, 0.2) is 0 Å². The summed E-state index contributed by atoms with van der Waals surface area (Å²) < 4.78 is 0. The molecule has 0 aliphatic carbocycles. The van der Waals surface area contributed by atoms with Crippen LogP contribution in [0.25, 0.3) is 0 Å². The van der Waals surface area contributed by atoms with Gasteiger partial charge in [0.25, 0.3) is 5.91 Å². The minimum Gasteiger partial charge on any atom is -0.477 e. The van der Waals surface area contributed by atoms with Crippen molar-refractivity contribution in [2.45, 2.75) is 26.2 Å². The van der Waals surface area contributed by atoms with Crippen molar-refractivity contribution in [1.29, 1.82) is 0 Å². The monoisotopic (exact) mass is 236 g/mol. The van der Waals surface area contributed by atoms with Crippen molar-refractivity contribution >= 4 is 11.9 Å². The summed E-state index contributed by atoms with van der Waals surface area (Å²) in [6.45, 7) is 2.73. The molecule has 92 valence electrons. The lowest BCUT2D eigenvalue weighted by Gasteiger charge is -2.04. The number of pyridine rings is 1. The van der Waals surface area contributed by atoms with Gasteiger partial charge >= 0.3 is 5.97 Å². The predicted octanol–water partition coefficient (Wildman–Crippen LogP) is 1.70. The van der Waals surface area contributed by atoms with Gasteiger partial charge in [0.1, 0.15) is 5.69 Å². The average Bonchev–Trinajstić information content (AvgIpc) is 2.34. The largest absolute Gasteiger partial charge is 0.477 e. The minimum atomic E-state index is -1.10. The van der Waals surface area contributed by atoms with Crippen LogP contribution in [0.3, 0.4) is 0 Å². The van der Waals surface area contributed by atoms with Gasteiger partial charge in [-0.05, 0) is 18.6 Å². The zero-order valence-corrected chi connectivity index (χ0v) is 9.77. The SMILES string of the molecule is CCCCCNC(=O)c1ccc(C(=O)O)nc1. The Morgan fingerprint density at radius 2 is 2.12 bits per heavy atom. The maximum Gasteiger partial charge on any atom is 0.354 e. The molecular weight excluding hydrogens is 220 g/mol. The second kappa shape index (κ2) is 6.62. The summed E-state index contributed by atoms with van der Waals surface area (Å²) in [5.41, 5.74) is 0.319. The first-order valence-electron chi connectivity index (χ1n) is 5.62. The molecule has 0 spiro atoms. The summed E-state index contributed by atoms with van der Waals surface area (Å²) in [6.07, 6.45) is 4.41. The number of hydrogen-bond acceptors (Lipinski definition) is 3. The van der Waals surface area contributed by atoms with E-state index in [0.717, 1.165) is 19.3 Å². The summed E-state index contributed by atoms with van der Waals surface area (Å²) in [4.78, 5) is 25.8. The summed E-state index contributed by atoms with van der Waals surface area (Å²) in [7, 11) is 0. The van der Waals surface area contributed by atoms with Crippen molar-refractivity contribution in [3.05, 3.63) is 29.6 Å². The third-order valence-corrected chi connectivity index (χ3v) is 2.31. The van der Waals surface area contributed by atoms with Crippen LogP contribution in [0.5, 0.6) is 0 Å². The highest BCUT2D eigenvalue weighted by molar-refractivity contribution is 5.94. The number of carbonyl (C=O) groups excluding carboxylic acids is 1. The normalized spacial score (nSPS) is 9.94. The highest BCUT2D eigenvalue weighted by atomic mass is 16.4. The van der Waals surface area contributed by atoms with Crippen LogP contribution in [-0.4, -0.2) is 28.5 Å². The molecular formula is C12H16N2O3. The lowest BCUT2D eigenvalue weighted by Crippen LogP contribution is -2.24. The van der Waals surface area contributed by atoms with Crippen LogP contribution in [0.15, 0.2) is 18.3 Å². The zero-order chi connectivity index (χ0) is 12.7. The summed E-state index contributed by atoms with van der Waals surface area (Å²) >= 11 is 0. The van der Waals surface area contributed by atoms with E-state index < -0.39 is 5.97 Å². The fraction of sp³-hybridized carbons (Fsp3) is 0.417. The second-order valence-corrected chi connectivity index (χ2v) is 3.70. The number of hydrogen-bond donors (Lipinski definition) is 2. The summed E-state index contributed by atoms with van der Waals surface area (Å²) in [6, 6.07) is 2.79. The molecule has 0 fully saturated rings. The Morgan fingerprint density at radius 1 is 1.35 bits per heavy atom. The van der Waals surface area contributed by atoms with E-state index in [9.17, 15) is 9.59 Å². The Hall–Kier alpha value is -1.91. The van der Waals surface area contributed by atoms with Gasteiger partial charge in [0.2, 0.25) is 0 Å². The Bertz CT molecular complexity index is 387. The van der Waals surface area contributed by atoms with Crippen molar-refractivity contribution in [2.24, 2.45) is 0 Å². The van der Waals surface area contributed by atoms with E-state index in [-0.39, 0.29) is 11.6 Å². The number of carbonyl (C=O) groups is 2. The number of carboxylic acids is 1. The van der Waals surface area contributed by atoms with Crippen LogP contribution in [0.2, 0.25) is 0 Å². The molecule has 2 N–H and O–H groups in total. The molecule has 0 unspecified atom stereocenters. The summed E-state index contributed by atoms with van der Waals surface area (Å²) in [5.74, 6) is -1.31. The lowest BCUT2D eigenvalue weighted by atomic mass is 10.2. The molecule has 0 atom stereocenters. The van der Waals surface area contributed by atoms with Crippen LogP contribution >= 0.6 is 0 Å². The summed E-state index contributed by atoms with van der Waals surface area (Å²) in [5, 5.41) is 11.4. The molecule has 17 heavy (non-hydrogen) atoms. The van der Waals surface area contributed by atoms with Crippen LogP contribution in [0, 0.1) is 0 Å². The molecule has 0 saturated heterocycles. The number of rotatable bonds is 6. The van der Waals surface area contributed by atoms with E-state index in [4.69, 9.17) is 5.11 Å². The quantitative estimate of drug-likeness (QED) is 0.737. The predicted molar refractivity (Wildman–Crippen MR) is 63.1 cm³/mol. The Balaban J connectivity index is 2.49. The van der Waals surface area contributed by atoms with Gasteiger partial charge < -0.3 is 10.4 Å². The molecule has 1 heterocycles. The van der Waals surface area contributed by atoms with E-state index in [1.54, 1.807) is 0 Å². The molecule has 0 bridgehead atoms. The van der Waals surface area contributed by atoms with Crippen molar-refractivity contribution in [3.63, 3.8) is 0 Å². The third-order valence-electron chi connectivity index (χ3n) is 2.31. The van der Waals surface area contributed by atoms with Crippen LogP contribution in [0.1, 0.15) is 47.0 Å². The number of amides is 1. The molecule has 5 nitrogen and oxygen atoms in total. The van der Waals surface area contributed by atoms with Gasteiger partial charge in [-0.15, -0.1) is 0 Å². The van der Waals surface area contributed by atoms with Crippen molar-refractivity contribution in [1.82, 2.24) is 10.3 Å². The maximum atomic E-state index is 11.6. The van der Waals surface area contributed by atoms with Gasteiger partial charge in [-0.25, -0.2) is 9.78 Å². The Labute approximate surface area is 99.9 Å². The first-order valence-corrected chi connectivity index (χ1v) is 5.62. The van der Waals surface area contributed by atoms with Gasteiger partial charge in [0, 0.05) is 12.7 Å². The van der Waals surface area contributed by atoms with Crippen LogP contribution < -0.4 is 5.32 Å². The highest BCUT2D eigenvalue weighted by Gasteiger charge is 2.08. The molecule has 0 saturated carbocycles. The third kappa shape index (κ3) is 4.22. The average molecular weight is 236 g/mol. The zero-order valence-electron chi connectivity index (χ0n) is 9.77. The Morgan fingerprint density at radius 3 is 2.65 bits per heavy atom. The van der Waals surface area contributed by atoms with Crippen molar-refractivity contribution in [2.75, 3.05) is 6.54 Å². The first kappa shape index (κ1) is 13.2. The van der Waals surface area contributed by atoms with Crippen LogP contribution in [-0.2, 0) is 0 Å². The molecule has 0 aliphatic heterocycles. The van der Waals surface area contributed by atoms with Crippen molar-refractivity contribution in [3.8, 4) is 0 Å². The fourth-order valence-corrected chi connectivity index (χ4v) is 1.33. The van der Waals surface area contributed by atoms with Gasteiger partial charge in [-0.1, -0.05) is 19.8 Å². The number of carboxylic acid groups (broad SMARTS) is 1. The lowest BCUT2D eigenvalue weighted by molar-refractivity contribution is 0.0689. The smallest absolute Gasteiger partial charge is 0.354 e. The van der Waals surface area contributed by atoms with Crippen molar-refractivity contribution < 1.29 is 14.7 Å². The molecule has 0 aliphatic rings. The molecule has 0 aromatic carbocycles. The maximum absolute atomic E-state index is 11.6. The first-order chi connectivity index (χ1) is 8.15. The molecule has 0 radical (unpaired) electrons. The Kier molecular flexibility index (Phi) is 5.13. The van der Waals surface area contributed by atoms with E-state index in [2.05, 4.69) is 17.2 Å². The molecule has 5 heteroatoms. The second-order valence-electron chi connectivity index (χ2n) is 3.70. The fourth-order valence-electron chi connectivity index (χ4n) is 1.33. The standard InChI is InChI=1S/C12H16N2O3/c1-2-3-4-7-13-11(15)9-5-6-10(12(16)17)14-8-9/h5-6,8H,2-4,7H2,1H3,(H,13,15)(H,16,17). The molecule has 1 aromatic heterocycles. The molecule has 1 rings (SSSR count). The van der Waals surface area contributed by atoms with Gasteiger partial charge in [-0.2, -0.15) is 0 Å². The molecule has 1 aromatic rings. The van der Waals surface area contributed by atoms with Crippen LogP contribution in [0.4, 0.5) is 0 Å². The topological polar surface area (TPSA) is 79.3 Å². The van der Waals surface area contributed by atoms with E-state index in [1.165, 1.54) is 18.3 Å².